The van der Waals surface area contributed by atoms with Crippen molar-refractivity contribution in [2.75, 3.05) is 26.2 Å². The summed E-state index contributed by atoms with van der Waals surface area (Å²) in [5.41, 5.74) is 12.4. The van der Waals surface area contributed by atoms with E-state index in [1.807, 2.05) is 0 Å². The molecule has 5 aromatic carbocycles. The maximum absolute atomic E-state index is 15.1. The van der Waals surface area contributed by atoms with Crippen molar-refractivity contribution in [1.29, 1.82) is 0 Å². The summed E-state index contributed by atoms with van der Waals surface area (Å²) >= 11 is 0. The van der Waals surface area contributed by atoms with E-state index in [-0.39, 0.29) is 46.1 Å². The Labute approximate surface area is 670 Å². The molecule has 0 bridgehead atoms. The van der Waals surface area contributed by atoms with Gasteiger partial charge in [-0.05, 0) is 39.8 Å². The first kappa shape index (κ1) is 88.5. The highest BCUT2D eigenvalue weighted by Gasteiger charge is 2.59. The summed E-state index contributed by atoms with van der Waals surface area (Å²) in [4.78, 5) is 168. The van der Waals surface area contributed by atoms with Crippen LogP contribution in [0.4, 0.5) is 24.0 Å². The fourth-order valence-electron chi connectivity index (χ4n) is 12.8. The number of ether oxygens (including phenoxy) is 17. The van der Waals surface area contributed by atoms with E-state index in [2.05, 4.69) is 41.9 Å². The molecule has 117 heavy (non-hydrogen) atoms. The molecular formula is C79H91N9O29. The second-order valence-corrected chi connectivity index (χ2v) is 26.8. The Morgan fingerprint density at radius 1 is 0.419 bits per heavy atom. The van der Waals surface area contributed by atoms with Gasteiger partial charge in [0.15, 0.2) is 49.4 Å². The zero-order valence-corrected chi connectivity index (χ0v) is 64.4. The van der Waals surface area contributed by atoms with Crippen LogP contribution < -0.4 is 31.9 Å². The number of nitrogens with one attached hydrogen (secondary N) is 6. The third kappa shape index (κ3) is 28.5. The normalized spacial score (nSPS) is 24.5. The van der Waals surface area contributed by atoms with Crippen LogP contribution in [-0.2, 0) is 147 Å². The highest BCUT2D eigenvalue weighted by molar-refractivity contribution is 5.84. The number of nitrogens with zero attached hydrogens (tertiary/aromatic N) is 3. The minimum atomic E-state index is -2.18. The van der Waals surface area contributed by atoms with Crippen molar-refractivity contribution < 1.29 is 138 Å². The Bertz CT molecular complexity index is 4230. The van der Waals surface area contributed by atoms with Crippen LogP contribution in [0.2, 0.25) is 0 Å². The molecule has 3 fully saturated rings. The molecule has 38 heteroatoms. The molecular weight excluding hydrogens is 1540 g/mol. The Morgan fingerprint density at radius 2 is 0.855 bits per heavy atom. The van der Waals surface area contributed by atoms with Gasteiger partial charge < -0.3 is 112 Å². The zero-order valence-electron chi connectivity index (χ0n) is 64.4. The Kier molecular flexibility index (Phi) is 34.0. The molecule has 3 heterocycles. The largest absolute Gasteiger partial charge is 0.463 e. The molecule has 2 saturated heterocycles. The molecule has 38 nitrogen and oxygen atoms in total. The lowest BCUT2D eigenvalue weighted by Crippen LogP contribution is -2.69. The highest BCUT2D eigenvalue weighted by atomic mass is 16.8. The van der Waals surface area contributed by atoms with E-state index in [1.54, 1.807) is 152 Å². The lowest BCUT2D eigenvalue weighted by molar-refractivity contribution is -0.292. The van der Waals surface area contributed by atoms with Crippen LogP contribution in [0.5, 0.6) is 0 Å². The van der Waals surface area contributed by atoms with Gasteiger partial charge in [0.25, 0.3) is 5.91 Å². The number of esters is 6. The van der Waals surface area contributed by atoms with Crippen molar-refractivity contribution >= 4 is 72.2 Å². The first-order chi connectivity index (χ1) is 56.3. The number of benzene rings is 5. The summed E-state index contributed by atoms with van der Waals surface area (Å²) < 4.78 is 104. The van der Waals surface area contributed by atoms with E-state index < -0.39 is 208 Å². The summed E-state index contributed by atoms with van der Waals surface area (Å²) in [6.45, 7) is 2.46. The number of carbonyl (C=O) groups excluding carboxylic acids is 12. The minimum absolute atomic E-state index is 0.136. The first-order valence-corrected chi connectivity index (χ1v) is 37.1. The number of azide groups is 1. The molecule has 9 rings (SSSR count). The molecule has 6 N–H and O–H groups in total. The van der Waals surface area contributed by atoms with Crippen LogP contribution >= 0.6 is 0 Å². The number of hydrogen-bond acceptors (Lipinski definition) is 30. The molecule has 0 radical (unpaired) electrons. The summed E-state index contributed by atoms with van der Waals surface area (Å²) in [5.74, 6) is -7.20. The topological polar surface area (TPSA) is 483 Å². The molecule has 626 valence electrons. The van der Waals surface area contributed by atoms with Gasteiger partial charge in [-0.2, -0.15) is 0 Å². The van der Waals surface area contributed by atoms with Crippen LogP contribution in [0.3, 0.4) is 0 Å². The number of carbonyl (C=O) groups is 12. The SMILES string of the molecule is CC(=O)OC[C@H]1O[C@@H](O[C@@H]2[C@@H](OC(C)=O)[C@H](NC(=O)[C@H](CCNC(=O)OCc3ccccc3)OC(C)=O)C[C@H](NC(=O)OCc3ccccc3)[C@H]2O[C@H]2O[C@H](CN=[N+]=[N-])C=C[C@H]2NC(=O)OCc2ccccc2)[C@H](OC(C)=O)[C@@H]1O[C@H]1O[C@@H](CNC(=O)OCc2ccccc2)[C@@H](OC(C)=O)[C@H](OC(C)=O)[C@H]1NC(=O)OCc1ccccc1. The number of rotatable bonds is 35. The van der Waals surface area contributed by atoms with Gasteiger partial charge >= 0.3 is 66.3 Å². The maximum Gasteiger partial charge on any atom is 0.408 e. The first-order valence-electron chi connectivity index (χ1n) is 37.1. The van der Waals surface area contributed by atoms with Gasteiger partial charge in [0, 0.05) is 59.4 Å². The van der Waals surface area contributed by atoms with Crippen LogP contribution in [0, 0.1) is 0 Å². The lowest BCUT2D eigenvalue weighted by atomic mass is 9.82. The van der Waals surface area contributed by atoms with E-state index in [9.17, 15) is 58.3 Å². The fourth-order valence-corrected chi connectivity index (χ4v) is 12.8. The second kappa shape index (κ2) is 45.0. The molecule has 3 aliphatic heterocycles. The zero-order chi connectivity index (χ0) is 83.8. The minimum Gasteiger partial charge on any atom is -0.463 e. The van der Waals surface area contributed by atoms with Gasteiger partial charge in [0.2, 0.25) is 0 Å². The molecule has 0 unspecified atom stereocenters. The highest BCUT2D eigenvalue weighted by Crippen LogP contribution is 2.39. The molecule has 18 atom stereocenters. The fraction of sp³-hybridized carbons (Fsp3) is 0.443. The van der Waals surface area contributed by atoms with Gasteiger partial charge in [-0.15, -0.1) is 0 Å². The molecule has 1 aliphatic carbocycles. The number of hydrogen-bond donors (Lipinski definition) is 6. The third-order valence-corrected chi connectivity index (χ3v) is 17.8. The van der Waals surface area contributed by atoms with Gasteiger partial charge in [-0.3, -0.25) is 33.6 Å². The van der Waals surface area contributed by atoms with Crippen molar-refractivity contribution in [2.24, 2.45) is 5.11 Å². The van der Waals surface area contributed by atoms with Gasteiger partial charge in [0.1, 0.15) is 82.2 Å². The van der Waals surface area contributed by atoms with E-state index in [4.69, 9.17) is 80.5 Å². The Balaban J connectivity index is 1.16. The van der Waals surface area contributed by atoms with Gasteiger partial charge in [-0.1, -0.05) is 169 Å². The van der Waals surface area contributed by atoms with Gasteiger partial charge in [-0.25, -0.2) is 24.0 Å². The molecule has 1 saturated carbocycles. The van der Waals surface area contributed by atoms with Crippen molar-refractivity contribution in [3.8, 4) is 0 Å². The standard InChI is InChI=1S/C79H91N9O29/c1-45(89)101-44-62-67(116-73-63(87-79(100)106-43-55-30-20-11-21-31-55)68(110-49(5)93)66(109-48(4)92)61(113-73)38-82-76(97)103-40-52-24-14-8-15-25-52)70(111-50(6)94)74(114-62)117-69-64(108-47(3)91)58(84-71(95)60(107-46(2)90)34-35-81-75(96)102-39-51-22-12-7-13-23-51)36-59(86-78(99)105-42-54-28-18-10-19-29-54)65(69)115-72-57(33-32-56(112-72)37-83-88-80)85-77(98)104-41-53-26-16-9-17-27-53/h7-33,56-70,72-74H,34-44H2,1-6H3,(H,81,96)(H,82,97)(H,84,95)(H,85,98)(H,86,99)(H,87,100)/t56-,57+,58+,59-,60-,61-,62+,63+,64-,65+,66+,67+,68+,69+,70+,72+,73+,74-/m0/s1. The van der Waals surface area contributed by atoms with Gasteiger partial charge in [0.05, 0.1) is 31.3 Å². The summed E-state index contributed by atoms with van der Waals surface area (Å²) in [6, 6.07) is 36.1. The molecule has 5 aromatic rings. The predicted molar refractivity (Wildman–Crippen MR) is 399 cm³/mol. The molecule has 0 spiro atoms. The van der Waals surface area contributed by atoms with E-state index in [0.717, 1.165) is 41.5 Å². The average molecular weight is 1630 g/mol. The Hall–Kier alpha value is -12.5. The summed E-state index contributed by atoms with van der Waals surface area (Å²) in [5, 5.41) is 19.5. The van der Waals surface area contributed by atoms with Crippen LogP contribution in [0.1, 0.15) is 82.2 Å². The van der Waals surface area contributed by atoms with E-state index in [0.29, 0.717) is 27.8 Å². The van der Waals surface area contributed by atoms with Crippen LogP contribution in [0.15, 0.2) is 169 Å². The molecule has 6 amide bonds. The summed E-state index contributed by atoms with van der Waals surface area (Å²) in [6.07, 6.45) is -29.4. The van der Waals surface area contributed by atoms with Crippen molar-refractivity contribution in [1.82, 2.24) is 31.9 Å². The van der Waals surface area contributed by atoms with Crippen LogP contribution in [-0.4, -0.2) is 209 Å². The lowest BCUT2D eigenvalue weighted by Gasteiger charge is -2.48. The average Bonchev–Trinajstić information content (AvgIpc) is 1.73. The smallest absolute Gasteiger partial charge is 0.408 e. The van der Waals surface area contributed by atoms with Crippen molar-refractivity contribution in [2.45, 2.75) is 198 Å². The summed E-state index contributed by atoms with van der Waals surface area (Å²) in [7, 11) is 0. The maximum atomic E-state index is 15.1. The van der Waals surface area contributed by atoms with Crippen LogP contribution in [0.25, 0.3) is 10.4 Å². The third-order valence-electron chi connectivity index (χ3n) is 17.8. The number of alkyl carbamates (subject to hydrolysis) is 5. The molecule has 4 aliphatic rings. The van der Waals surface area contributed by atoms with Crippen molar-refractivity contribution in [3.05, 3.63) is 202 Å². The number of amides is 6. The Morgan fingerprint density at radius 3 is 1.35 bits per heavy atom. The van der Waals surface area contributed by atoms with E-state index in [1.165, 1.54) is 12.2 Å². The quantitative estimate of drug-likeness (QED) is 0.00636. The van der Waals surface area contributed by atoms with Crippen molar-refractivity contribution in [3.63, 3.8) is 0 Å². The second-order valence-electron chi connectivity index (χ2n) is 26.8. The van der Waals surface area contributed by atoms with E-state index >= 15 is 4.79 Å². The predicted octanol–water partition coefficient (Wildman–Crippen LogP) is 6.42. The monoisotopic (exact) mass is 1630 g/mol. The molecule has 0 aromatic heterocycles.